The number of aliphatic hydroxyl groups excluding tert-OH is 1. The molecule has 2 unspecified atom stereocenters. The summed E-state index contributed by atoms with van der Waals surface area (Å²) in [5.41, 5.74) is 0.794. The number of hydrogen-bond donors (Lipinski definition) is 1. The maximum absolute atomic E-state index is 10.1. The first-order valence-electron chi connectivity index (χ1n) is 5.49. The molecule has 1 heterocycles. The second kappa shape index (κ2) is 6.30. The van der Waals surface area contributed by atoms with E-state index in [1.807, 2.05) is 0 Å². The van der Waals surface area contributed by atoms with Gasteiger partial charge < -0.3 is 9.84 Å². The van der Waals surface area contributed by atoms with Crippen LogP contribution in [0.25, 0.3) is 0 Å². The average Bonchev–Trinajstić information content (AvgIpc) is 2.35. The Hall–Kier alpha value is 0.0700. The van der Waals surface area contributed by atoms with Crippen LogP contribution in [0.4, 0.5) is 0 Å². The van der Waals surface area contributed by atoms with Gasteiger partial charge in [-0.2, -0.15) is 11.8 Å². The van der Waals surface area contributed by atoms with E-state index in [4.69, 9.17) is 27.9 Å². The van der Waals surface area contributed by atoms with E-state index < -0.39 is 6.10 Å². The minimum atomic E-state index is -0.555. The molecule has 0 bridgehead atoms. The van der Waals surface area contributed by atoms with Gasteiger partial charge in [-0.3, -0.25) is 0 Å². The Morgan fingerprint density at radius 1 is 1.41 bits per heavy atom. The van der Waals surface area contributed by atoms with Crippen molar-refractivity contribution in [2.24, 2.45) is 0 Å². The smallest absolute Gasteiger partial charge is 0.0927 e. The highest BCUT2D eigenvalue weighted by molar-refractivity contribution is 7.99. The van der Waals surface area contributed by atoms with Crippen LogP contribution in [0.3, 0.4) is 0 Å². The maximum Gasteiger partial charge on any atom is 0.0927 e. The van der Waals surface area contributed by atoms with E-state index in [1.54, 1.807) is 30.0 Å². The molecule has 1 aromatic carbocycles. The van der Waals surface area contributed by atoms with E-state index >= 15 is 0 Å². The number of ether oxygens (including phenoxy) is 1. The molecule has 0 spiro atoms. The molecule has 0 aromatic heterocycles. The molecule has 1 N–H and O–H groups in total. The van der Waals surface area contributed by atoms with Gasteiger partial charge in [-0.1, -0.05) is 29.3 Å². The van der Waals surface area contributed by atoms with Gasteiger partial charge in [-0.25, -0.2) is 0 Å². The summed E-state index contributed by atoms with van der Waals surface area (Å²) < 4.78 is 5.53. The van der Waals surface area contributed by atoms with Crippen LogP contribution in [0.15, 0.2) is 18.2 Å². The van der Waals surface area contributed by atoms with Crippen molar-refractivity contribution in [2.75, 3.05) is 18.1 Å². The largest absolute Gasteiger partial charge is 0.390 e. The fourth-order valence-electron chi connectivity index (χ4n) is 1.80. The van der Waals surface area contributed by atoms with Gasteiger partial charge in [0, 0.05) is 28.0 Å². The van der Waals surface area contributed by atoms with Crippen LogP contribution in [0, 0.1) is 0 Å². The van der Waals surface area contributed by atoms with Crippen molar-refractivity contribution in [1.29, 1.82) is 0 Å². The summed E-state index contributed by atoms with van der Waals surface area (Å²) in [6.45, 7) is 0.697. The number of aliphatic hydroxyl groups is 1. The predicted octanol–water partition coefficient (Wildman–Crippen LogP) is 3.03. The molecule has 1 aromatic rings. The van der Waals surface area contributed by atoms with Crippen molar-refractivity contribution in [3.05, 3.63) is 33.8 Å². The van der Waals surface area contributed by atoms with Crippen molar-refractivity contribution < 1.29 is 9.84 Å². The highest BCUT2D eigenvalue weighted by Gasteiger charge is 2.24. The van der Waals surface area contributed by atoms with Crippen molar-refractivity contribution in [2.45, 2.75) is 18.6 Å². The lowest BCUT2D eigenvalue weighted by Gasteiger charge is -2.27. The molecule has 1 aliphatic rings. The summed E-state index contributed by atoms with van der Waals surface area (Å²) in [6.07, 6.45) is -0.245. The van der Waals surface area contributed by atoms with Gasteiger partial charge >= 0.3 is 0 Å². The number of thioether (sulfide) groups is 1. The van der Waals surface area contributed by atoms with Crippen molar-refractivity contribution in [3.8, 4) is 0 Å². The summed E-state index contributed by atoms with van der Waals surface area (Å²) in [5.74, 6) is 1.82. The van der Waals surface area contributed by atoms with Gasteiger partial charge in [0.2, 0.25) is 0 Å². The van der Waals surface area contributed by atoms with E-state index in [9.17, 15) is 5.11 Å². The van der Waals surface area contributed by atoms with Crippen LogP contribution in [-0.2, 0) is 11.2 Å². The highest BCUT2D eigenvalue weighted by atomic mass is 35.5. The molecule has 2 nitrogen and oxygen atoms in total. The third kappa shape index (κ3) is 3.52. The lowest BCUT2D eigenvalue weighted by Crippen LogP contribution is -2.36. The Morgan fingerprint density at radius 3 is 2.71 bits per heavy atom. The third-order valence-electron chi connectivity index (χ3n) is 2.75. The number of benzene rings is 1. The third-order valence-corrected chi connectivity index (χ3v) is 4.47. The lowest BCUT2D eigenvalue weighted by molar-refractivity contribution is -0.0207. The average molecular weight is 293 g/mol. The SMILES string of the molecule is OC(Cc1c(Cl)cccc1Cl)C1CSCCO1. The zero-order chi connectivity index (χ0) is 12.3. The summed E-state index contributed by atoms with van der Waals surface area (Å²) in [5, 5.41) is 11.3. The van der Waals surface area contributed by atoms with Gasteiger partial charge in [0.25, 0.3) is 0 Å². The van der Waals surface area contributed by atoms with Crippen LogP contribution in [0.1, 0.15) is 5.56 Å². The van der Waals surface area contributed by atoms with Crippen LogP contribution in [-0.4, -0.2) is 35.4 Å². The van der Waals surface area contributed by atoms with Gasteiger partial charge in [0.05, 0.1) is 18.8 Å². The standard InChI is InChI=1S/C12H14Cl2O2S/c13-9-2-1-3-10(14)8(9)6-11(15)12-7-17-5-4-16-12/h1-3,11-12,15H,4-7H2. The fraction of sp³-hybridized carbons (Fsp3) is 0.500. The number of rotatable bonds is 3. The van der Waals surface area contributed by atoms with E-state index in [0.717, 1.165) is 17.1 Å². The molecule has 1 fully saturated rings. The monoisotopic (exact) mass is 292 g/mol. The van der Waals surface area contributed by atoms with Crippen LogP contribution in [0.2, 0.25) is 10.0 Å². The van der Waals surface area contributed by atoms with Gasteiger partial charge in [0.1, 0.15) is 0 Å². The van der Waals surface area contributed by atoms with E-state index in [2.05, 4.69) is 0 Å². The van der Waals surface area contributed by atoms with Gasteiger partial charge in [0.15, 0.2) is 0 Å². The Morgan fingerprint density at radius 2 is 2.12 bits per heavy atom. The van der Waals surface area contributed by atoms with Crippen LogP contribution in [0.5, 0.6) is 0 Å². The second-order valence-electron chi connectivity index (χ2n) is 3.96. The van der Waals surface area contributed by atoms with Gasteiger partial charge in [-0.05, 0) is 17.7 Å². The summed E-state index contributed by atoms with van der Waals surface area (Å²) >= 11 is 13.9. The number of halogens is 2. The molecular weight excluding hydrogens is 279 g/mol. The molecule has 0 radical (unpaired) electrons. The Balaban J connectivity index is 2.04. The Labute approximate surface area is 115 Å². The first kappa shape index (κ1) is 13.5. The first-order valence-corrected chi connectivity index (χ1v) is 7.40. The molecule has 1 saturated heterocycles. The summed E-state index contributed by atoms with van der Waals surface area (Å²) in [7, 11) is 0. The van der Waals surface area contributed by atoms with Crippen molar-refractivity contribution >= 4 is 35.0 Å². The Bertz CT molecular complexity index is 361. The molecule has 0 saturated carbocycles. The van der Waals surface area contributed by atoms with E-state index in [1.165, 1.54) is 0 Å². The lowest BCUT2D eigenvalue weighted by atomic mass is 10.0. The topological polar surface area (TPSA) is 29.5 Å². The predicted molar refractivity (Wildman–Crippen MR) is 73.2 cm³/mol. The minimum absolute atomic E-state index is 0.124. The molecule has 94 valence electrons. The molecule has 0 aliphatic carbocycles. The molecule has 0 amide bonds. The summed E-state index contributed by atoms with van der Waals surface area (Å²) in [4.78, 5) is 0. The Kier molecular flexibility index (Phi) is 5.00. The maximum atomic E-state index is 10.1. The van der Waals surface area contributed by atoms with E-state index in [-0.39, 0.29) is 6.10 Å². The van der Waals surface area contributed by atoms with Crippen molar-refractivity contribution in [3.63, 3.8) is 0 Å². The first-order chi connectivity index (χ1) is 8.18. The highest BCUT2D eigenvalue weighted by Crippen LogP contribution is 2.27. The molecule has 17 heavy (non-hydrogen) atoms. The number of hydrogen-bond acceptors (Lipinski definition) is 3. The van der Waals surface area contributed by atoms with Crippen LogP contribution >= 0.6 is 35.0 Å². The molecule has 2 rings (SSSR count). The fourth-order valence-corrected chi connectivity index (χ4v) is 3.28. The van der Waals surface area contributed by atoms with Gasteiger partial charge in [-0.15, -0.1) is 0 Å². The second-order valence-corrected chi connectivity index (χ2v) is 5.92. The van der Waals surface area contributed by atoms with E-state index in [0.29, 0.717) is 23.1 Å². The van der Waals surface area contributed by atoms with Crippen molar-refractivity contribution in [1.82, 2.24) is 0 Å². The summed E-state index contributed by atoms with van der Waals surface area (Å²) in [6, 6.07) is 5.37. The molecule has 5 heteroatoms. The molecule has 1 aliphatic heterocycles. The molecular formula is C12H14Cl2O2S. The zero-order valence-corrected chi connectivity index (χ0v) is 11.6. The minimum Gasteiger partial charge on any atom is -0.390 e. The van der Waals surface area contributed by atoms with Crippen LogP contribution < -0.4 is 0 Å². The molecule has 2 atom stereocenters. The zero-order valence-electron chi connectivity index (χ0n) is 9.23. The normalized spacial score (nSPS) is 22.4. The quantitative estimate of drug-likeness (QED) is 0.929.